The van der Waals surface area contributed by atoms with Crippen LogP contribution in [0.1, 0.15) is 20.3 Å². The standard InChI is InChI=1S/C11H27N3/c1-10(11(2)12)9-14(5)8-6-7-13(3)4/h10-11H,6-9,12H2,1-5H3. The Kier molecular flexibility index (Phi) is 7.15. The molecule has 86 valence electrons. The van der Waals surface area contributed by atoms with Crippen molar-refractivity contribution in [1.82, 2.24) is 9.80 Å². The highest BCUT2D eigenvalue weighted by Gasteiger charge is 2.09. The van der Waals surface area contributed by atoms with Crippen molar-refractivity contribution in [3.05, 3.63) is 0 Å². The molecule has 0 aliphatic rings. The lowest BCUT2D eigenvalue weighted by molar-refractivity contribution is 0.253. The van der Waals surface area contributed by atoms with E-state index in [0.717, 1.165) is 19.6 Å². The maximum atomic E-state index is 5.83. The smallest absolute Gasteiger partial charge is 0.00483 e. The molecule has 0 radical (unpaired) electrons. The number of nitrogens with zero attached hydrogens (tertiary/aromatic N) is 2. The van der Waals surface area contributed by atoms with Crippen molar-refractivity contribution in [3.63, 3.8) is 0 Å². The third-order valence-electron chi connectivity index (χ3n) is 2.64. The topological polar surface area (TPSA) is 32.5 Å². The normalized spacial score (nSPS) is 16.3. The van der Waals surface area contributed by atoms with E-state index < -0.39 is 0 Å². The van der Waals surface area contributed by atoms with Gasteiger partial charge in [-0.15, -0.1) is 0 Å². The van der Waals surface area contributed by atoms with Gasteiger partial charge in [0, 0.05) is 12.6 Å². The number of rotatable bonds is 7. The fourth-order valence-electron chi connectivity index (χ4n) is 1.41. The molecular weight excluding hydrogens is 174 g/mol. The fourth-order valence-corrected chi connectivity index (χ4v) is 1.41. The molecule has 2 N–H and O–H groups in total. The van der Waals surface area contributed by atoms with Crippen LogP contribution in [0, 0.1) is 5.92 Å². The second kappa shape index (κ2) is 7.21. The van der Waals surface area contributed by atoms with Crippen LogP contribution < -0.4 is 5.73 Å². The third kappa shape index (κ3) is 7.30. The Hall–Kier alpha value is -0.120. The Morgan fingerprint density at radius 1 is 1.07 bits per heavy atom. The van der Waals surface area contributed by atoms with Gasteiger partial charge in [-0.25, -0.2) is 0 Å². The van der Waals surface area contributed by atoms with Crippen LogP contribution >= 0.6 is 0 Å². The zero-order valence-corrected chi connectivity index (χ0v) is 10.5. The van der Waals surface area contributed by atoms with Crippen LogP contribution in [0.4, 0.5) is 0 Å². The highest BCUT2D eigenvalue weighted by molar-refractivity contribution is 4.67. The van der Waals surface area contributed by atoms with Gasteiger partial charge in [-0.2, -0.15) is 0 Å². The quantitative estimate of drug-likeness (QED) is 0.663. The Balaban J connectivity index is 3.50. The number of hydrogen-bond donors (Lipinski definition) is 1. The first kappa shape index (κ1) is 13.9. The molecule has 2 unspecified atom stereocenters. The summed E-state index contributed by atoms with van der Waals surface area (Å²) in [6.45, 7) is 7.72. The lowest BCUT2D eigenvalue weighted by atomic mass is 10.0. The average molecular weight is 201 g/mol. The molecule has 0 rings (SSSR count). The van der Waals surface area contributed by atoms with Gasteiger partial charge in [0.15, 0.2) is 0 Å². The molecule has 0 heterocycles. The molecule has 3 nitrogen and oxygen atoms in total. The Labute approximate surface area is 89.2 Å². The van der Waals surface area contributed by atoms with Gasteiger partial charge in [-0.1, -0.05) is 6.92 Å². The summed E-state index contributed by atoms with van der Waals surface area (Å²) in [4.78, 5) is 4.60. The van der Waals surface area contributed by atoms with E-state index in [1.807, 2.05) is 0 Å². The maximum absolute atomic E-state index is 5.83. The van der Waals surface area contributed by atoms with E-state index in [2.05, 4.69) is 44.8 Å². The molecule has 2 atom stereocenters. The summed E-state index contributed by atoms with van der Waals surface area (Å²) in [5, 5.41) is 0. The molecule has 0 saturated carbocycles. The first-order chi connectivity index (χ1) is 6.43. The molecule has 14 heavy (non-hydrogen) atoms. The highest BCUT2D eigenvalue weighted by atomic mass is 15.1. The molecule has 3 heteroatoms. The van der Waals surface area contributed by atoms with Crippen LogP contribution in [0.15, 0.2) is 0 Å². The van der Waals surface area contributed by atoms with Gasteiger partial charge in [0.05, 0.1) is 0 Å². The summed E-state index contributed by atoms with van der Waals surface area (Å²) >= 11 is 0. The van der Waals surface area contributed by atoms with E-state index in [0.29, 0.717) is 12.0 Å². The number of nitrogens with two attached hydrogens (primary N) is 1. The molecule has 0 amide bonds. The zero-order valence-electron chi connectivity index (χ0n) is 10.5. The second-order valence-electron chi connectivity index (χ2n) is 4.76. The molecule has 0 aliphatic carbocycles. The fraction of sp³-hybridized carbons (Fsp3) is 1.00. The maximum Gasteiger partial charge on any atom is 0.00483 e. The van der Waals surface area contributed by atoms with E-state index >= 15 is 0 Å². The van der Waals surface area contributed by atoms with Crippen LogP contribution in [0.25, 0.3) is 0 Å². The van der Waals surface area contributed by atoms with Crippen molar-refractivity contribution < 1.29 is 0 Å². The van der Waals surface area contributed by atoms with Gasteiger partial charge in [0.2, 0.25) is 0 Å². The molecule has 0 spiro atoms. The summed E-state index contributed by atoms with van der Waals surface area (Å²) in [5.74, 6) is 0.583. The first-order valence-electron chi connectivity index (χ1n) is 5.52. The van der Waals surface area contributed by atoms with Crippen molar-refractivity contribution in [2.24, 2.45) is 11.7 Å². The van der Waals surface area contributed by atoms with Gasteiger partial charge in [-0.05, 0) is 53.5 Å². The van der Waals surface area contributed by atoms with Crippen LogP contribution in [-0.2, 0) is 0 Å². The van der Waals surface area contributed by atoms with Crippen molar-refractivity contribution in [2.45, 2.75) is 26.3 Å². The predicted molar refractivity (Wildman–Crippen MR) is 63.5 cm³/mol. The second-order valence-corrected chi connectivity index (χ2v) is 4.76. The van der Waals surface area contributed by atoms with Crippen LogP contribution in [0.2, 0.25) is 0 Å². The molecule has 0 aromatic heterocycles. The minimum atomic E-state index is 0.297. The summed E-state index contributed by atoms with van der Waals surface area (Å²) < 4.78 is 0. The lowest BCUT2D eigenvalue weighted by Crippen LogP contribution is -2.35. The summed E-state index contributed by atoms with van der Waals surface area (Å²) in [6.07, 6.45) is 1.23. The average Bonchev–Trinajstić information content (AvgIpc) is 2.02. The van der Waals surface area contributed by atoms with Crippen molar-refractivity contribution in [2.75, 3.05) is 40.8 Å². The highest BCUT2D eigenvalue weighted by Crippen LogP contribution is 2.02. The van der Waals surface area contributed by atoms with Gasteiger partial charge in [0.25, 0.3) is 0 Å². The molecule has 0 fully saturated rings. The zero-order chi connectivity index (χ0) is 11.1. The first-order valence-corrected chi connectivity index (χ1v) is 5.52. The van der Waals surface area contributed by atoms with E-state index in [1.54, 1.807) is 0 Å². The minimum Gasteiger partial charge on any atom is -0.328 e. The van der Waals surface area contributed by atoms with E-state index in [1.165, 1.54) is 6.42 Å². The van der Waals surface area contributed by atoms with Crippen LogP contribution in [-0.4, -0.2) is 56.6 Å². The molecular formula is C11H27N3. The molecule has 0 bridgehead atoms. The monoisotopic (exact) mass is 201 g/mol. The largest absolute Gasteiger partial charge is 0.328 e. The molecule has 0 aliphatic heterocycles. The molecule has 0 aromatic rings. The van der Waals surface area contributed by atoms with E-state index in [4.69, 9.17) is 5.73 Å². The Morgan fingerprint density at radius 2 is 1.64 bits per heavy atom. The van der Waals surface area contributed by atoms with Crippen molar-refractivity contribution in [3.8, 4) is 0 Å². The third-order valence-corrected chi connectivity index (χ3v) is 2.64. The van der Waals surface area contributed by atoms with Gasteiger partial charge >= 0.3 is 0 Å². The summed E-state index contributed by atoms with van der Waals surface area (Å²) in [7, 11) is 6.41. The van der Waals surface area contributed by atoms with Gasteiger partial charge < -0.3 is 15.5 Å². The van der Waals surface area contributed by atoms with Crippen LogP contribution in [0.5, 0.6) is 0 Å². The van der Waals surface area contributed by atoms with Gasteiger partial charge in [-0.3, -0.25) is 0 Å². The summed E-state index contributed by atoms with van der Waals surface area (Å²) in [5.41, 5.74) is 5.83. The summed E-state index contributed by atoms with van der Waals surface area (Å²) in [6, 6.07) is 0.297. The minimum absolute atomic E-state index is 0.297. The van der Waals surface area contributed by atoms with E-state index in [-0.39, 0.29) is 0 Å². The van der Waals surface area contributed by atoms with Gasteiger partial charge in [0.1, 0.15) is 0 Å². The lowest BCUT2D eigenvalue weighted by Gasteiger charge is -2.24. The predicted octanol–water partition coefficient (Wildman–Crippen LogP) is 0.853. The van der Waals surface area contributed by atoms with Crippen molar-refractivity contribution in [1.29, 1.82) is 0 Å². The SMILES string of the molecule is CC(N)C(C)CN(C)CCCN(C)C. The number of hydrogen-bond acceptors (Lipinski definition) is 3. The van der Waals surface area contributed by atoms with Crippen LogP contribution in [0.3, 0.4) is 0 Å². The van der Waals surface area contributed by atoms with Crippen molar-refractivity contribution >= 4 is 0 Å². The Bertz CT molecular complexity index is 134. The molecule has 0 saturated heterocycles. The van der Waals surface area contributed by atoms with E-state index in [9.17, 15) is 0 Å². The molecule has 0 aromatic carbocycles. The Morgan fingerprint density at radius 3 is 2.07 bits per heavy atom.